The fourth-order valence-electron chi connectivity index (χ4n) is 9.74. The van der Waals surface area contributed by atoms with Crippen LogP contribution in [-0.4, -0.2) is 74.3 Å². The van der Waals surface area contributed by atoms with Crippen molar-refractivity contribution in [3.05, 3.63) is 72.9 Å². The number of allylic oxidation sites excluding steroid dienone is 11. The average Bonchev–Trinajstić information content (AvgIpc) is 3.42. The SMILES string of the molecule is CC/C=C\C/C=C\C/C=C\C/C=C\C/C=C\CCCC(=O)NC(COP(=O)(O)OCC[N+](C)(C)C)C(/C=C\CCCCCCCCCCCC)OC(=O)CCCCCCCCCCCCCCCCCCCCCCCCCCC. The van der Waals surface area contributed by atoms with E-state index < -0.39 is 20.0 Å². The van der Waals surface area contributed by atoms with Crippen LogP contribution in [-0.2, 0) is 27.9 Å². The third kappa shape index (κ3) is 60.1. The Morgan fingerprint density at radius 1 is 0.450 bits per heavy atom. The smallest absolute Gasteiger partial charge is 0.456 e. The molecule has 0 bridgehead atoms. The fraction of sp³-hybridized carbons (Fsp3) is 0.800. The summed E-state index contributed by atoms with van der Waals surface area (Å²) in [6.45, 7) is 6.88. The van der Waals surface area contributed by atoms with Gasteiger partial charge in [-0.05, 0) is 70.3 Å². The molecule has 3 unspecified atom stereocenters. The van der Waals surface area contributed by atoms with Crippen LogP contribution in [0.2, 0.25) is 0 Å². The van der Waals surface area contributed by atoms with Crippen LogP contribution in [0.1, 0.15) is 310 Å². The van der Waals surface area contributed by atoms with Gasteiger partial charge in [0.1, 0.15) is 19.3 Å². The van der Waals surface area contributed by atoms with Crippen LogP contribution in [0.15, 0.2) is 72.9 Å². The van der Waals surface area contributed by atoms with E-state index >= 15 is 0 Å². The molecule has 0 aliphatic carbocycles. The van der Waals surface area contributed by atoms with E-state index in [4.69, 9.17) is 13.8 Å². The molecule has 0 aromatic carbocycles. The number of rotatable bonds is 61. The van der Waals surface area contributed by atoms with E-state index in [1.54, 1.807) is 0 Å². The number of ether oxygens (including phenoxy) is 1. The van der Waals surface area contributed by atoms with Gasteiger partial charge in [0.15, 0.2) is 0 Å². The minimum absolute atomic E-state index is 0.0287. The molecule has 0 aliphatic rings. The first-order chi connectivity index (χ1) is 38.9. The van der Waals surface area contributed by atoms with E-state index in [1.165, 1.54) is 193 Å². The molecule has 10 heteroatoms. The highest BCUT2D eigenvalue weighted by atomic mass is 31.2. The summed E-state index contributed by atoms with van der Waals surface area (Å²) in [6.07, 6.45) is 77.9. The second-order valence-electron chi connectivity index (χ2n) is 24.0. The number of phosphoric ester groups is 1. The van der Waals surface area contributed by atoms with Gasteiger partial charge >= 0.3 is 13.8 Å². The first-order valence-corrected chi connectivity index (χ1v) is 35.3. The first-order valence-electron chi connectivity index (χ1n) is 33.8. The van der Waals surface area contributed by atoms with Gasteiger partial charge in [0.2, 0.25) is 5.91 Å². The van der Waals surface area contributed by atoms with E-state index in [2.05, 4.69) is 86.8 Å². The molecule has 0 saturated heterocycles. The van der Waals surface area contributed by atoms with E-state index in [0.29, 0.717) is 17.4 Å². The van der Waals surface area contributed by atoms with Gasteiger partial charge in [0.25, 0.3) is 0 Å². The molecule has 2 N–H and O–H groups in total. The number of nitrogens with zero attached hydrogens (tertiary/aromatic N) is 1. The van der Waals surface area contributed by atoms with Crippen LogP contribution in [0.25, 0.3) is 0 Å². The van der Waals surface area contributed by atoms with Crippen molar-refractivity contribution in [2.75, 3.05) is 40.9 Å². The third-order valence-electron chi connectivity index (χ3n) is 14.9. The van der Waals surface area contributed by atoms with E-state index in [0.717, 1.165) is 77.0 Å². The lowest BCUT2D eigenvalue weighted by atomic mass is 10.0. The summed E-state index contributed by atoms with van der Waals surface area (Å²) in [5.74, 6) is -0.564. The largest absolute Gasteiger partial charge is 0.472 e. The molecule has 9 nitrogen and oxygen atoms in total. The topological polar surface area (TPSA) is 111 Å². The number of esters is 1. The Bertz CT molecular complexity index is 1600. The average molecular weight is 1140 g/mol. The molecule has 0 rings (SSSR count). The van der Waals surface area contributed by atoms with Crippen molar-refractivity contribution >= 4 is 19.7 Å². The molecule has 3 atom stereocenters. The molecule has 0 aromatic heterocycles. The van der Waals surface area contributed by atoms with Crippen molar-refractivity contribution in [1.29, 1.82) is 0 Å². The van der Waals surface area contributed by atoms with Gasteiger partial charge in [-0.15, -0.1) is 0 Å². The monoisotopic (exact) mass is 1140 g/mol. The summed E-state index contributed by atoms with van der Waals surface area (Å²) in [6, 6.07) is -0.879. The number of amides is 1. The predicted octanol–water partition coefficient (Wildman–Crippen LogP) is 21.2. The maximum atomic E-state index is 13.5. The van der Waals surface area contributed by atoms with E-state index in [1.807, 2.05) is 33.3 Å². The standard InChI is InChI=1S/C70H129N2O7P/c1-7-10-13-16-19-22-25-28-30-32-33-34-35-36-37-38-39-41-43-45-48-51-54-57-60-63-70(74)79-68(61-58-55-52-49-46-27-24-21-18-15-12-9-3)67(66-78-80(75,76)77-65-64-72(4,5)6)71-69(73)62-59-56-53-50-47-44-42-40-31-29-26-23-20-17-14-11-8-2/h11,14,20,23,29,31,42,44,50,53,58,61,67-68H,7-10,12-13,15-19,21-22,24-28,30,32-41,43,45-49,51-52,54-57,59-60,62-66H2,1-6H3,(H-,71,73,75,76)/p+1/b14-11-,23-20-,31-29-,44-42-,53-50-,61-58-. The molecule has 80 heavy (non-hydrogen) atoms. The molecular weight excluding hydrogens is 1010 g/mol. The minimum atomic E-state index is -4.47. The van der Waals surface area contributed by atoms with Crippen molar-refractivity contribution in [2.45, 2.75) is 322 Å². The summed E-state index contributed by atoms with van der Waals surface area (Å²) in [5.41, 5.74) is 0. The van der Waals surface area contributed by atoms with Gasteiger partial charge in [-0.25, -0.2) is 4.57 Å². The van der Waals surface area contributed by atoms with Crippen LogP contribution >= 0.6 is 7.82 Å². The van der Waals surface area contributed by atoms with E-state index in [-0.39, 0.29) is 37.9 Å². The predicted molar refractivity (Wildman–Crippen MR) is 346 cm³/mol. The highest BCUT2D eigenvalue weighted by molar-refractivity contribution is 7.47. The van der Waals surface area contributed by atoms with Crippen molar-refractivity contribution in [3.8, 4) is 0 Å². The zero-order valence-electron chi connectivity index (χ0n) is 53.3. The Balaban J connectivity index is 5.13. The van der Waals surface area contributed by atoms with Crippen molar-refractivity contribution in [2.24, 2.45) is 0 Å². The summed E-state index contributed by atoms with van der Waals surface area (Å²) >= 11 is 0. The lowest BCUT2D eigenvalue weighted by Crippen LogP contribution is -2.47. The Labute approximate surface area is 495 Å². The van der Waals surface area contributed by atoms with Crippen molar-refractivity contribution < 1.29 is 37.3 Å². The number of carbonyl (C=O) groups excluding carboxylic acids is 2. The van der Waals surface area contributed by atoms with Gasteiger partial charge in [0.05, 0.1) is 33.8 Å². The summed E-state index contributed by atoms with van der Waals surface area (Å²) in [4.78, 5) is 37.8. The van der Waals surface area contributed by atoms with E-state index in [9.17, 15) is 19.0 Å². The normalized spacial score (nSPS) is 14.0. The van der Waals surface area contributed by atoms with Crippen molar-refractivity contribution in [3.63, 3.8) is 0 Å². The van der Waals surface area contributed by atoms with Gasteiger partial charge in [0, 0.05) is 12.8 Å². The highest BCUT2D eigenvalue weighted by Crippen LogP contribution is 2.43. The summed E-state index contributed by atoms with van der Waals surface area (Å²) in [5, 5.41) is 3.03. The number of nitrogens with one attached hydrogen (secondary N) is 1. The zero-order chi connectivity index (χ0) is 58.6. The molecule has 1 amide bonds. The number of unbranched alkanes of at least 4 members (excludes halogenated alkanes) is 35. The Kier molecular flexibility index (Phi) is 57.7. The number of likely N-dealkylation sites (N-methyl/N-ethyl adjacent to an activating group) is 1. The highest BCUT2D eigenvalue weighted by Gasteiger charge is 2.30. The molecule has 466 valence electrons. The third-order valence-corrected chi connectivity index (χ3v) is 15.9. The Hall–Kier alpha value is -2.55. The lowest BCUT2D eigenvalue weighted by Gasteiger charge is -2.27. The number of hydrogen-bond acceptors (Lipinski definition) is 6. The van der Waals surface area contributed by atoms with Crippen LogP contribution in [0.3, 0.4) is 0 Å². The van der Waals surface area contributed by atoms with Crippen molar-refractivity contribution in [1.82, 2.24) is 5.32 Å². The minimum Gasteiger partial charge on any atom is -0.456 e. The Morgan fingerprint density at radius 3 is 1.21 bits per heavy atom. The molecule has 0 aromatic rings. The maximum absolute atomic E-state index is 13.5. The molecule has 0 fully saturated rings. The lowest BCUT2D eigenvalue weighted by molar-refractivity contribution is -0.870. The van der Waals surface area contributed by atoms with Crippen LogP contribution in [0, 0.1) is 0 Å². The van der Waals surface area contributed by atoms with Gasteiger partial charge < -0.3 is 19.4 Å². The molecular formula is C70H130N2O7P+. The number of hydrogen-bond donors (Lipinski definition) is 2. The van der Waals surface area contributed by atoms with Crippen LogP contribution < -0.4 is 5.32 Å². The maximum Gasteiger partial charge on any atom is 0.472 e. The molecule has 0 saturated carbocycles. The Morgan fingerprint density at radius 2 is 0.812 bits per heavy atom. The van der Waals surface area contributed by atoms with Crippen LogP contribution in [0.5, 0.6) is 0 Å². The van der Waals surface area contributed by atoms with Crippen LogP contribution in [0.4, 0.5) is 0 Å². The number of phosphoric acid groups is 1. The molecule has 0 radical (unpaired) electrons. The first kappa shape index (κ1) is 77.5. The van der Waals surface area contributed by atoms with Gasteiger partial charge in [-0.2, -0.15) is 0 Å². The molecule has 0 heterocycles. The quantitative estimate of drug-likeness (QED) is 0.0205. The zero-order valence-corrected chi connectivity index (χ0v) is 54.2. The fourth-order valence-corrected chi connectivity index (χ4v) is 10.5. The summed E-state index contributed by atoms with van der Waals surface area (Å²) in [7, 11) is 1.46. The second kappa shape index (κ2) is 59.6. The molecule has 0 aliphatic heterocycles. The van der Waals surface area contributed by atoms with Gasteiger partial charge in [-0.1, -0.05) is 299 Å². The van der Waals surface area contributed by atoms with Gasteiger partial charge in [-0.3, -0.25) is 18.6 Å². The second-order valence-corrected chi connectivity index (χ2v) is 25.4. The molecule has 0 spiro atoms. The number of carbonyl (C=O) groups is 2. The summed E-state index contributed by atoms with van der Waals surface area (Å²) < 4.78 is 30.7. The number of quaternary nitrogens is 1.